The minimum absolute atomic E-state index is 0.289. The van der Waals surface area contributed by atoms with Crippen LogP contribution >= 0.6 is 23.4 Å². The van der Waals surface area contributed by atoms with Crippen LogP contribution < -0.4 is 11.3 Å². The summed E-state index contributed by atoms with van der Waals surface area (Å²) in [5.74, 6) is 4.69. The summed E-state index contributed by atoms with van der Waals surface area (Å²) >= 11 is 7.04. The molecule has 1 aromatic rings. The molecule has 0 atom stereocenters. The average Bonchev–Trinajstić information content (AvgIpc) is 2.18. The van der Waals surface area contributed by atoms with E-state index in [1.54, 1.807) is 12.1 Å². The summed E-state index contributed by atoms with van der Waals surface area (Å²) in [6.07, 6.45) is 0. The maximum absolute atomic E-state index is 11.0. The Kier molecular flexibility index (Phi) is 4.08. The lowest BCUT2D eigenvalue weighted by Gasteiger charge is -2.00. The molecule has 0 heterocycles. The van der Waals surface area contributed by atoms with Crippen LogP contribution in [0.25, 0.3) is 0 Å². The van der Waals surface area contributed by atoms with E-state index in [-0.39, 0.29) is 5.91 Å². The number of benzene rings is 1. The molecule has 1 aromatic carbocycles. The predicted octanol–water partition coefficient (Wildman–Crippen LogP) is 1.58. The zero-order valence-corrected chi connectivity index (χ0v) is 8.36. The highest BCUT2D eigenvalue weighted by atomic mass is 35.5. The number of hydrazine groups is 1. The molecular formula is C8H9ClN2OS. The molecule has 0 aliphatic carbocycles. The lowest BCUT2D eigenvalue weighted by molar-refractivity contribution is 0.0953. The third-order valence-corrected chi connectivity index (χ3v) is 2.51. The van der Waals surface area contributed by atoms with E-state index in [4.69, 9.17) is 17.4 Å². The number of hydrogen-bond donors (Lipinski definition) is 2. The quantitative estimate of drug-likeness (QED) is 0.265. The van der Waals surface area contributed by atoms with Crippen LogP contribution in [-0.2, 0) is 0 Å². The van der Waals surface area contributed by atoms with Gasteiger partial charge < -0.3 is 0 Å². The van der Waals surface area contributed by atoms with E-state index in [2.05, 4.69) is 5.43 Å². The lowest BCUT2D eigenvalue weighted by Crippen LogP contribution is -2.29. The Hall–Kier alpha value is -0.710. The number of carbonyl (C=O) groups excluding carboxylic acids is 1. The summed E-state index contributed by atoms with van der Waals surface area (Å²) in [6, 6.07) is 7.07. The van der Waals surface area contributed by atoms with Crippen LogP contribution in [0.2, 0.25) is 0 Å². The SMILES string of the molecule is NNC(=O)c1ccc(SCCl)cc1. The molecule has 0 unspecified atom stereocenters. The van der Waals surface area contributed by atoms with Gasteiger partial charge in [-0.2, -0.15) is 0 Å². The first-order chi connectivity index (χ1) is 6.27. The predicted molar refractivity (Wildman–Crippen MR) is 54.7 cm³/mol. The second-order valence-corrected chi connectivity index (χ2v) is 3.88. The van der Waals surface area contributed by atoms with Crippen LogP contribution in [0.15, 0.2) is 29.2 Å². The second-order valence-electron chi connectivity index (χ2n) is 2.25. The summed E-state index contributed by atoms with van der Waals surface area (Å²) in [4.78, 5) is 12.0. The largest absolute Gasteiger partial charge is 0.290 e. The van der Waals surface area contributed by atoms with E-state index < -0.39 is 0 Å². The van der Waals surface area contributed by atoms with Crippen molar-refractivity contribution in [2.45, 2.75) is 4.90 Å². The first kappa shape index (κ1) is 10.4. The number of rotatable bonds is 3. The zero-order valence-electron chi connectivity index (χ0n) is 6.79. The van der Waals surface area contributed by atoms with Crippen molar-refractivity contribution >= 4 is 29.3 Å². The monoisotopic (exact) mass is 216 g/mol. The average molecular weight is 217 g/mol. The van der Waals surface area contributed by atoms with E-state index >= 15 is 0 Å². The number of halogens is 1. The summed E-state index contributed by atoms with van der Waals surface area (Å²) in [5, 5.41) is 0.502. The van der Waals surface area contributed by atoms with E-state index in [0.29, 0.717) is 10.8 Å². The lowest BCUT2D eigenvalue weighted by atomic mass is 10.2. The number of thioether (sulfide) groups is 1. The molecule has 0 radical (unpaired) electrons. The third kappa shape index (κ3) is 2.91. The molecule has 1 rings (SSSR count). The molecule has 1 amide bonds. The van der Waals surface area contributed by atoms with Gasteiger partial charge in [-0.25, -0.2) is 5.84 Å². The van der Waals surface area contributed by atoms with Gasteiger partial charge in [0, 0.05) is 10.5 Å². The highest BCUT2D eigenvalue weighted by molar-refractivity contribution is 8.00. The number of amides is 1. The fourth-order valence-corrected chi connectivity index (χ4v) is 1.68. The fourth-order valence-electron chi connectivity index (χ4n) is 0.849. The highest BCUT2D eigenvalue weighted by Crippen LogP contribution is 2.18. The standard InChI is InChI=1S/C8H9ClN2OS/c9-5-13-7-3-1-6(2-4-7)8(12)11-10/h1-4H,5,10H2,(H,11,12). The summed E-state index contributed by atoms with van der Waals surface area (Å²) in [6.45, 7) is 0. The van der Waals surface area contributed by atoms with Crippen molar-refractivity contribution < 1.29 is 4.79 Å². The van der Waals surface area contributed by atoms with Gasteiger partial charge >= 0.3 is 0 Å². The Morgan fingerprint density at radius 1 is 1.46 bits per heavy atom. The molecule has 13 heavy (non-hydrogen) atoms. The van der Waals surface area contributed by atoms with Gasteiger partial charge in [0.2, 0.25) is 0 Å². The van der Waals surface area contributed by atoms with Crippen LogP contribution in [0.3, 0.4) is 0 Å². The van der Waals surface area contributed by atoms with Gasteiger partial charge in [0.15, 0.2) is 0 Å². The Morgan fingerprint density at radius 3 is 2.54 bits per heavy atom. The molecule has 0 saturated carbocycles. The van der Waals surface area contributed by atoms with Crippen molar-refractivity contribution in [1.82, 2.24) is 5.43 Å². The minimum Gasteiger partial charge on any atom is -0.290 e. The van der Waals surface area contributed by atoms with Gasteiger partial charge in [-0.05, 0) is 24.3 Å². The van der Waals surface area contributed by atoms with Crippen LogP contribution in [0.5, 0.6) is 0 Å². The third-order valence-electron chi connectivity index (χ3n) is 1.47. The number of hydrogen-bond acceptors (Lipinski definition) is 3. The van der Waals surface area contributed by atoms with E-state index in [1.165, 1.54) is 11.8 Å². The molecule has 0 aliphatic heterocycles. The Bertz CT molecular complexity index is 289. The smallest absolute Gasteiger partial charge is 0.265 e. The van der Waals surface area contributed by atoms with Crippen LogP contribution in [0, 0.1) is 0 Å². The topological polar surface area (TPSA) is 55.1 Å². The van der Waals surface area contributed by atoms with Crippen molar-refractivity contribution in [2.75, 3.05) is 5.21 Å². The van der Waals surface area contributed by atoms with Gasteiger partial charge in [0.1, 0.15) is 0 Å². The van der Waals surface area contributed by atoms with Crippen LogP contribution in [0.4, 0.5) is 0 Å². The van der Waals surface area contributed by atoms with E-state index in [0.717, 1.165) is 4.90 Å². The molecule has 0 fully saturated rings. The molecule has 0 bridgehead atoms. The first-order valence-corrected chi connectivity index (χ1v) is 5.09. The number of nitrogens with one attached hydrogen (secondary N) is 1. The van der Waals surface area contributed by atoms with Gasteiger partial charge in [-0.1, -0.05) is 0 Å². The number of alkyl halides is 1. The van der Waals surface area contributed by atoms with Crippen molar-refractivity contribution in [3.05, 3.63) is 29.8 Å². The summed E-state index contributed by atoms with van der Waals surface area (Å²) < 4.78 is 0. The van der Waals surface area contributed by atoms with Crippen molar-refractivity contribution in [3.63, 3.8) is 0 Å². The van der Waals surface area contributed by atoms with Crippen molar-refractivity contribution in [3.8, 4) is 0 Å². The molecule has 0 saturated heterocycles. The highest BCUT2D eigenvalue weighted by Gasteiger charge is 2.01. The molecule has 0 aromatic heterocycles. The first-order valence-electron chi connectivity index (χ1n) is 3.57. The van der Waals surface area contributed by atoms with Crippen LogP contribution in [0.1, 0.15) is 10.4 Å². The van der Waals surface area contributed by atoms with Gasteiger partial charge in [0.05, 0.1) is 5.21 Å². The fraction of sp³-hybridized carbons (Fsp3) is 0.125. The number of nitrogens with two attached hydrogens (primary N) is 1. The van der Waals surface area contributed by atoms with Gasteiger partial charge in [0.25, 0.3) is 5.91 Å². The summed E-state index contributed by atoms with van der Waals surface area (Å²) in [5.41, 5.74) is 2.60. The maximum Gasteiger partial charge on any atom is 0.265 e. The molecule has 70 valence electrons. The minimum atomic E-state index is -0.289. The Balaban J connectivity index is 2.75. The molecule has 5 heteroatoms. The zero-order chi connectivity index (χ0) is 9.68. The Labute approximate surface area is 85.6 Å². The number of nitrogen functional groups attached to an aromatic ring is 1. The Morgan fingerprint density at radius 2 is 2.08 bits per heavy atom. The normalized spacial score (nSPS) is 9.69. The molecule has 3 N–H and O–H groups in total. The van der Waals surface area contributed by atoms with Crippen LogP contribution in [-0.4, -0.2) is 11.1 Å². The van der Waals surface area contributed by atoms with E-state index in [1.807, 2.05) is 12.1 Å². The summed E-state index contributed by atoms with van der Waals surface area (Å²) in [7, 11) is 0. The molecule has 0 spiro atoms. The van der Waals surface area contributed by atoms with Gasteiger partial charge in [-0.15, -0.1) is 23.4 Å². The second kappa shape index (κ2) is 5.11. The molecule has 3 nitrogen and oxygen atoms in total. The number of carbonyl (C=O) groups is 1. The van der Waals surface area contributed by atoms with Crippen molar-refractivity contribution in [2.24, 2.45) is 5.84 Å². The van der Waals surface area contributed by atoms with Crippen molar-refractivity contribution in [1.29, 1.82) is 0 Å². The van der Waals surface area contributed by atoms with E-state index in [9.17, 15) is 4.79 Å². The molecule has 0 aliphatic rings. The maximum atomic E-state index is 11.0. The molecular weight excluding hydrogens is 208 g/mol. The van der Waals surface area contributed by atoms with Gasteiger partial charge in [-0.3, -0.25) is 10.2 Å².